The number of hydrogen-bond donors (Lipinski definition) is 1. The van der Waals surface area contributed by atoms with Gasteiger partial charge in [-0.1, -0.05) is 37.5 Å². The molecular formula is C21H25N3O3. The zero-order valence-electron chi connectivity index (χ0n) is 15.6. The molecule has 6 nitrogen and oxygen atoms in total. The largest absolute Gasteiger partial charge is 0.382 e. The van der Waals surface area contributed by atoms with Gasteiger partial charge in [0, 0.05) is 36.1 Å². The molecule has 0 heterocycles. The summed E-state index contributed by atoms with van der Waals surface area (Å²) in [6, 6.07) is 14.2. The van der Waals surface area contributed by atoms with Crippen LogP contribution in [0.3, 0.4) is 0 Å². The lowest BCUT2D eigenvalue weighted by Gasteiger charge is -2.27. The van der Waals surface area contributed by atoms with E-state index in [4.69, 9.17) is 0 Å². The standard InChI is InChI=1S/C21H25N3O3/c1-2-23(17-11-7-4-8-12-17)21(25)19-15-18(24(26)27)13-14-20(19)22-16-9-5-3-6-10-16/h4,7-8,11-16,22H,2-3,5-6,9-10H2,1H3. The van der Waals surface area contributed by atoms with E-state index >= 15 is 0 Å². The summed E-state index contributed by atoms with van der Waals surface area (Å²) in [5, 5.41) is 14.7. The molecule has 0 spiro atoms. The molecule has 1 saturated carbocycles. The van der Waals surface area contributed by atoms with Crippen molar-refractivity contribution in [1.29, 1.82) is 0 Å². The lowest BCUT2D eigenvalue weighted by atomic mass is 9.95. The molecule has 1 amide bonds. The summed E-state index contributed by atoms with van der Waals surface area (Å²) in [7, 11) is 0. The van der Waals surface area contributed by atoms with Crippen molar-refractivity contribution >= 4 is 23.0 Å². The minimum atomic E-state index is -0.458. The summed E-state index contributed by atoms with van der Waals surface area (Å²) in [5.41, 5.74) is 1.73. The van der Waals surface area contributed by atoms with E-state index in [1.54, 1.807) is 11.0 Å². The Bertz CT molecular complexity index is 802. The van der Waals surface area contributed by atoms with Gasteiger partial charge in [0.15, 0.2) is 0 Å². The zero-order valence-corrected chi connectivity index (χ0v) is 15.6. The van der Waals surface area contributed by atoms with Crippen LogP contribution in [0.2, 0.25) is 0 Å². The van der Waals surface area contributed by atoms with Gasteiger partial charge >= 0.3 is 0 Å². The van der Waals surface area contributed by atoms with Crippen LogP contribution in [-0.2, 0) is 0 Å². The first-order valence-electron chi connectivity index (χ1n) is 9.52. The van der Waals surface area contributed by atoms with Gasteiger partial charge in [-0.2, -0.15) is 0 Å². The SMILES string of the molecule is CCN(C(=O)c1cc([N+](=O)[O-])ccc1NC1CCCCC1)c1ccccc1. The van der Waals surface area contributed by atoms with Crippen molar-refractivity contribution in [3.63, 3.8) is 0 Å². The van der Waals surface area contributed by atoms with Gasteiger partial charge in [-0.15, -0.1) is 0 Å². The van der Waals surface area contributed by atoms with Crippen molar-refractivity contribution in [3.05, 3.63) is 64.2 Å². The van der Waals surface area contributed by atoms with Crippen molar-refractivity contribution in [2.24, 2.45) is 0 Å². The summed E-state index contributed by atoms with van der Waals surface area (Å²) in [5.74, 6) is -0.231. The third-order valence-electron chi connectivity index (χ3n) is 5.04. The molecule has 142 valence electrons. The topological polar surface area (TPSA) is 75.5 Å². The lowest BCUT2D eigenvalue weighted by Crippen LogP contribution is -2.32. The van der Waals surface area contributed by atoms with Gasteiger partial charge in [0.25, 0.3) is 11.6 Å². The molecule has 0 unspecified atom stereocenters. The highest BCUT2D eigenvalue weighted by atomic mass is 16.6. The second-order valence-electron chi connectivity index (χ2n) is 6.85. The molecule has 1 aliphatic rings. The van der Waals surface area contributed by atoms with Crippen molar-refractivity contribution in [2.75, 3.05) is 16.8 Å². The predicted molar refractivity (Wildman–Crippen MR) is 107 cm³/mol. The number of hydrogen-bond acceptors (Lipinski definition) is 4. The van der Waals surface area contributed by atoms with E-state index in [-0.39, 0.29) is 11.6 Å². The van der Waals surface area contributed by atoms with E-state index in [2.05, 4.69) is 5.32 Å². The highest BCUT2D eigenvalue weighted by Crippen LogP contribution is 2.29. The molecule has 0 saturated heterocycles. The van der Waals surface area contributed by atoms with Crippen molar-refractivity contribution in [3.8, 4) is 0 Å². The average Bonchev–Trinajstić information content (AvgIpc) is 2.70. The van der Waals surface area contributed by atoms with Gasteiger partial charge in [-0.05, 0) is 38.0 Å². The van der Waals surface area contributed by atoms with E-state index in [1.165, 1.54) is 31.4 Å². The number of rotatable bonds is 6. The molecule has 27 heavy (non-hydrogen) atoms. The van der Waals surface area contributed by atoms with E-state index in [0.717, 1.165) is 18.5 Å². The molecule has 0 aromatic heterocycles. The molecular weight excluding hydrogens is 342 g/mol. The Morgan fingerprint density at radius 2 is 1.85 bits per heavy atom. The highest BCUT2D eigenvalue weighted by molar-refractivity contribution is 6.10. The zero-order chi connectivity index (χ0) is 19.2. The smallest absolute Gasteiger partial charge is 0.270 e. The van der Waals surface area contributed by atoms with Crippen LogP contribution in [0.25, 0.3) is 0 Å². The minimum Gasteiger partial charge on any atom is -0.382 e. The van der Waals surface area contributed by atoms with Crippen LogP contribution in [0.5, 0.6) is 0 Å². The van der Waals surface area contributed by atoms with Gasteiger partial charge in [0.2, 0.25) is 0 Å². The first-order valence-corrected chi connectivity index (χ1v) is 9.52. The molecule has 3 rings (SSSR count). The number of carbonyl (C=O) groups excluding carboxylic acids is 1. The Morgan fingerprint density at radius 3 is 2.48 bits per heavy atom. The fourth-order valence-corrected chi connectivity index (χ4v) is 3.61. The highest BCUT2D eigenvalue weighted by Gasteiger charge is 2.24. The number of nitro benzene ring substituents is 1. The fraction of sp³-hybridized carbons (Fsp3) is 0.381. The number of benzene rings is 2. The van der Waals surface area contributed by atoms with Gasteiger partial charge in [-0.25, -0.2) is 0 Å². The molecule has 0 bridgehead atoms. The Balaban J connectivity index is 1.95. The minimum absolute atomic E-state index is 0.0725. The number of carbonyl (C=O) groups is 1. The molecule has 1 aliphatic carbocycles. The number of amides is 1. The van der Waals surface area contributed by atoms with E-state index < -0.39 is 4.92 Å². The van der Waals surface area contributed by atoms with Gasteiger partial charge < -0.3 is 10.2 Å². The van der Waals surface area contributed by atoms with E-state index in [1.807, 2.05) is 37.3 Å². The van der Waals surface area contributed by atoms with Crippen LogP contribution in [0.4, 0.5) is 17.1 Å². The monoisotopic (exact) mass is 367 g/mol. The van der Waals surface area contributed by atoms with Crippen LogP contribution in [-0.4, -0.2) is 23.4 Å². The van der Waals surface area contributed by atoms with Crippen molar-refractivity contribution in [1.82, 2.24) is 0 Å². The maximum atomic E-state index is 13.3. The fourth-order valence-electron chi connectivity index (χ4n) is 3.61. The summed E-state index contributed by atoms with van der Waals surface area (Å²) in [6.45, 7) is 2.38. The normalized spacial score (nSPS) is 14.6. The van der Waals surface area contributed by atoms with Crippen LogP contribution < -0.4 is 10.2 Å². The molecule has 1 fully saturated rings. The van der Waals surface area contributed by atoms with Gasteiger partial charge in [-0.3, -0.25) is 14.9 Å². The van der Waals surface area contributed by atoms with E-state index in [0.29, 0.717) is 23.8 Å². The number of nitrogens with zero attached hydrogens (tertiary/aromatic N) is 2. The Labute approximate surface area is 159 Å². The molecule has 0 aliphatic heterocycles. The van der Waals surface area contributed by atoms with E-state index in [9.17, 15) is 14.9 Å². The van der Waals surface area contributed by atoms with Gasteiger partial charge in [0.05, 0.1) is 10.5 Å². The summed E-state index contributed by atoms with van der Waals surface area (Å²) < 4.78 is 0. The Morgan fingerprint density at radius 1 is 1.15 bits per heavy atom. The van der Waals surface area contributed by atoms with Crippen LogP contribution >= 0.6 is 0 Å². The van der Waals surface area contributed by atoms with Crippen molar-refractivity contribution in [2.45, 2.75) is 45.1 Å². The predicted octanol–water partition coefficient (Wildman–Crippen LogP) is 5.01. The molecule has 6 heteroatoms. The second-order valence-corrected chi connectivity index (χ2v) is 6.85. The number of nitro groups is 1. The summed E-state index contributed by atoms with van der Waals surface area (Å²) >= 11 is 0. The Hall–Kier alpha value is -2.89. The molecule has 2 aromatic carbocycles. The number of para-hydroxylation sites is 1. The van der Waals surface area contributed by atoms with Crippen LogP contribution in [0.15, 0.2) is 48.5 Å². The maximum Gasteiger partial charge on any atom is 0.270 e. The first kappa shape index (κ1) is 18.9. The molecule has 0 atom stereocenters. The third-order valence-corrected chi connectivity index (χ3v) is 5.04. The van der Waals surface area contributed by atoms with Crippen molar-refractivity contribution < 1.29 is 9.72 Å². The number of non-ortho nitro benzene ring substituents is 1. The average molecular weight is 367 g/mol. The molecule has 2 aromatic rings. The third kappa shape index (κ3) is 4.45. The Kier molecular flexibility index (Phi) is 6.06. The molecule has 0 radical (unpaired) electrons. The molecule has 1 N–H and O–H groups in total. The van der Waals surface area contributed by atoms with Crippen LogP contribution in [0.1, 0.15) is 49.4 Å². The van der Waals surface area contributed by atoms with Gasteiger partial charge in [0.1, 0.15) is 0 Å². The lowest BCUT2D eigenvalue weighted by molar-refractivity contribution is -0.384. The number of anilines is 2. The summed E-state index contributed by atoms with van der Waals surface area (Å²) in [4.78, 5) is 25.7. The first-order chi connectivity index (χ1) is 13.1. The second kappa shape index (κ2) is 8.66. The van der Waals surface area contributed by atoms with Crippen LogP contribution in [0, 0.1) is 10.1 Å². The summed E-state index contributed by atoms with van der Waals surface area (Å²) in [6.07, 6.45) is 5.68. The number of nitrogens with one attached hydrogen (secondary N) is 1. The quantitative estimate of drug-likeness (QED) is 0.575. The maximum absolute atomic E-state index is 13.3.